The van der Waals surface area contributed by atoms with Crippen LogP contribution < -0.4 is 0 Å². The van der Waals surface area contributed by atoms with Crippen molar-refractivity contribution in [3.05, 3.63) is 69.8 Å². The molecule has 0 spiro atoms. The van der Waals surface area contributed by atoms with Crippen molar-refractivity contribution >= 4 is 17.6 Å². The molecule has 0 saturated heterocycles. The van der Waals surface area contributed by atoms with E-state index < -0.39 is 4.92 Å². The molecule has 2 aromatic rings. The van der Waals surface area contributed by atoms with Crippen LogP contribution in [-0.4, -0.2) is 11.1 Å². The predicted octanol–water partition coefficient (Wildman–Crippen LogP) is 3.65. The molecule has 90 valence electrons. The fourth-order valence-corrected chi connectivity index (χ4v) is 1.63. The number of benzene rings is 2. The topological polar surface area (TPSA) is 55.5 Å². The van der Waals surface area contributed by atoms with E-state index in [1.807, 2.05) is 30.3 Å². The second-order valence-electron chi connectivity index (χ2n) is 3.85. The van der Waals surface area contributed by atoms with Gasteiger partial charge in [-0.05, 0) is 18.6 Å². The van der Waals surface area contributed by atoms with E-state index in [2.05, 4.69) is 4.99 Å². The summed E-state index contributed by atoms with van der Waals surface area (Å²) in [6.45, 7) is 1.70. The third kappa shape index (κ3) is 2.60. The van der Waals surface area contributed by atoms with Gasteiger partial charge in [0.2, 0.25) is 0 Å². The van der Waals surface area contributed by atoms with Gasteiger partial charge in [0, 0.05) is 12.3 Å². The summed E-state index contributed by atoms with van der Waals surface area (Å²) in [4.78, 5) is 14.7. The van der Waals surface area contributed by atoms with E-state index in [9.17, 15) is 10.1 Å². The lowest BCUT2D eigenvalue weighted by Gasteiger charge is -2.00. The summed E-state index contributed by atoms with van der Waals surface area (Å²) < 4.78 is 0. The number of nitro benzene ring substituents is 1. The molecule has 0 radical (unpaired) electrons. The van der Waals surface area contributed by atoms with E-state index in [4.69, 9.17) is 0 Å². The van der Waals surface area contributed by atoms with Crippen molar-refractivity contribution in [1.82, 2.24) is 0 Å². The lowest BCUT2D eigenvalue weighted by Crippen LogP contribution is -1.91. The molecular weight excluding hydrogens is 228 g/mol. The maximum absolute atomic E-state index is 10.8. The van der Waals surface area contributed by atoms with Crippen molar-refractivity contribution in [2.75, 3.05) is 0 Å². The first-order chi connectivity index (χ1) is 8.68. The van der Waals surface area contributed by atoms with E-state index >= 15 is 0 Å². The van der Waals surface area contributed by atoms with Crippen LogP contribution in [0.25, 0.3) is 0 Å². The molecular formula is C14H12N2O2. The van der Waals surface area contributed by atoms with Gasteiger partial charge in [-0.1, -0.05) is 36.4 Å². The van der Waals surface area contributed by atoms with Crippen molar-refractivity contribution in [3.8, 4) is 0 Å². The lowest BCUT2D eigenvalue weighted by molar-refractivity contribution is -0.385. The van der Waals surface area contributed by atoms with Gasteiger partial charge in [-0.15, -0.1) is 0 Å². The minimum absolute atomic E-state index is 0.0951. The Morgan fingerprint density at radius 3 is 2.50 bits per heavy atom. The number of nitro groups is 1. The summed E-state index contributed by atoms with van der Waals surface area (Å²) in [7, 11) is 0. The van der Waals surface area contributed by atoms with Crippen molar-refractivity contribution in [1.29, 1.82) is 0 Å². The van der Waals surface area contributed by atoms with Gasteiger partial charge in [0.1, 0.15) is 0 Å². The smallest absolute Gasteiger partial charge is 0.258 e. The van der Waals surface area contributed by atoms with Crippen LogP contribution in [0.4, 0.5) is 11.4 Å². The molecule has 0 aliphatic heterocycles. The molecule has 0 bridgehead atoms. The highest BCUT2D eigenvalue weighted by Gasteiger charge is 2.11. The molecule has 0 fully saturated rings. The predicted molar refractivity (Wildman–Crippen MR) is 71.5 cm³/mol. The van der Waals surface area contributed by atoms with Crippen molar-refractivity contribution in [2.45, 2.75) is 6.92 Å². The Bertz CT molecular complexity index is 592. The second kappa shape index (κ2) is 5.23. The molecule has 4 nitrogen and oxygen atoms in total. The van der Waals surface area contributed by atoms with Crippen LogP contribution in [0.15, 0.2) is 53.5 Å². The molecule has 18 heavy (non-hydrogen) atoms. The van der Waals surface area contributed by atoms with Crippen LogP contribution in [0.2, 0.25) is 0 Å². The summed E-state index contributed by atoms with van der Waals surface area (Å²) in [5.41, 5.74) is 2.25. The average molecular weight is 240 g/mol. The van der Waals surface area contributed by atoms with Gasteiger partial charge in [0.05, 0.1) is 16.2 Å². The van der Waals surface area contributed by atoms with Gasteiger partial charge in [-0.3, -0.25) is 15.1 Å². The van der Waals surface area contributed by atoms with Crippen molar-refractivity contribution in [2.24, 2.45) is 4.99 Å². The fraction of sp³-hybridized carbons (Fsp3) is 0.0714. The van der Waals surface area contributed by atoms with Crippen molar-refractivity contribution < 1.29 is 4.92 Å². The van der Waals surface area contributed by atoms with E-state index in [0.717, 1.165) is 5.56 Å². The quantitative estimate of drug-likeness (QED) is 0.467. The van der Waals surface area contributed by atoms with E-state index in [1.165, 1.54) is 6.07 Å². The van der Waals surface area contributed by atoms with Crippen LogP contribution in [0.1, 0.15) is 11.1 Å². The molecule has 0 unspecified atom stereocenters. The Balaban J connectivity index is 2.33. The summed E-state index contributed by atoms with van der Waals surface area (Å²) >= 11 is 0. The minimum Gasteiger partial charge on any atom is -0.258 e. The summed E-state index contributed by atoms with van der Waals surface area (Å²) in [5, 5.41) is 10.8. The molecule has 0 aliphatic rings. The van der Waals surface area contributed by atoms with Gasteiger partial charge in [-0.2, -0.15) is 0 Å². The van der Waals surface area contributed by atoms with Crippen LogP contribution in [0.5, 0.6) is 0 Å². The fourth-order valence-electron chi connectivity index (χ4n) is 1.63. The highest BCUT2D eigenvalue weighted by molar-refractivity contribution is 5.82. The average Bonchev–Trinajstić information content (AvgIpc) is 2.38. The highest BCUT2D eigenvalue weighted by atomic mass is 16.6. The third-order valence-corrected chi connectivity index (χ3v) is 2.63. The van der Waals surface area contributed by atoms with Gasteiger partial charge in [0.25, 0.3) is 5.69 Å². The zero-order chi connectivity index (χ0) is 13.0. The first-order valence-corrected chi connectivity index (χ1v) is 5.51. The molecule has 0 amide bonds. The summed E-state index contributed by atoms with van der Waals surface area (Å²) in [5.74, 6) is 0. The molecule has 0 atom stereocenters. The van der Waals surface area contributed by atoms with Crippen molar-refractivity contribution in [3.63, 3.8) is 0 Å². The number of aliphatic imine (C=N–C) groups is 1. The van der Waals surface area contributed by atoms with Gasteiger partial charge >= 0.3 is 0 Å². The second-order valence-corrected chi connectivity index (χ2v) is 3.85. The Morgan fingerprint density at radius 2 is 1.83 bits per heavy atom. The summed E-state index contributed by atoms with van der Waals surface area (Å²) in [6, 6.07) is 14.5. The number of rotatable bonds is 3. The Labute approximate surface area is 105 Å². The first-order valence-electron chi connectivity index (χ1n) is 5.51. The SMILES string of the molecule is Cc1c(/N=C/c2ccccc2)cccc1[N+](=O)[O-]. The lowest BCUT2D eigenvalue weighted by atomic mass is 10.1. The zero-order valence-electron chi connectivity index (χ0n) is 9.91. The monoisotopic (exact) mass is 240 g/mol. The van der Waals surface area contributed by atoms with Crippen LogP contribution in [-0.2, 0) is 0 Å². The standard InChI is InChI=1S/C14H12N2O2/c1-11-13(8-5-9-14(11)16(17)18)15-10-12-6-3-2-4-7-12/h2-10H,1H3/b15-10+. The normalized spacial score (nSPS) is 10.7. The molecule has 0 heterocycles. The van der Waals surface area contributed by atoms with Crippen LogP contribution >= 0.6 is 0 Å². The molecule has 0 saturated carbocycles. The molecule has 0 aliphatic carbocycles. The van der Waals surface area contributed by atoms with E-state index in [1.54, 1.807) is 25.3 Å². The minimum atomic E-state index is -0.392. The highest BCUT2D eigenvalue weighted by Crippen LogP contribution is 2.27. The number of hydrogen-bond acceptors (Lipinski definition) is 3. The summed E-state index contributed by atoms with van der Waals surface area (Å²) in [6.07, 6.45) is 1.70. The number of hydrogen-bond donors (Lipinski definition) is 0. The Hall–Kier alpha value is -2.49. The molecule has 0 aromatic heterocycles. The maximum atomic E-state index is 10.8. The molecule has 0 N–H and O–H groups in total. The molecule has 2 aromatic carbocycles. The molecule has 2 rings (SSSR count). The Morgan fingerprint density at radius 1 is 1.11 bits per heavy atom. The third-order valence-electron chi connectivity index (χ3n) is 2.63. The van der Waals surface area contributed by atoms with Gasteiger partial charge in [0.15, 0.2) is 0 Å². The van der Waals surface area contributed by atoms with Gasteiger partial charge < -0.3 is 0 Å². The largest absolute Gasteiger partial charge is 0.274 e. The van der Waals surface area contributed by atoms with Crippen LogP contribution in [0, 0.1) is 17.0 Å². The van der Waals surface area contributed by atoms with Gasteiger partial charge in [-0.25, -0.2) is 0 Å². The maximum Gasteiger partial charge on any atom is 0.274 e. The zero-order valence-corrected chi connectivity index (χ0v) is 9.91. The first kappa shape index (κ1) is 12.0. The van der Waals surface area contributed by atoms with E-state index in [0.29, 0.717) is 11.3 Å². The Kier molecular flexibility index (Phi) is 3.48. The van der Waals surface area contributed by atoms with Crippen LogP contribution in [0.3, 0.4) is 0 Å². The number of nitrogens with zero attached hydrogens (tertiary/aromatic N) is 2. The van der Waals surface area contributed by atoms with E-state index in [-0.39, 0.29) is 5.69 Å². The molecule has 4 heteroatoms.